The van der Waals surface area contributed by atoms with E-state index in [2.05, 4.69) is 20.5 Å². The van der Waals surface area contributed by atoms with Gasteiger partial charge in [-0.1, -0.05) is 24.3 Å². The van der Waals surface area contributed by atoms with Gasteiger partial charge in [0.25, 0.3) is 0 Å². The highest BCUT2D eigenvalue weighted by atomic mass is 19.4. The molecule has 0 aliphatic carbocycles. The lowest BCUT2D eigenvalue weighted by atomic mass is 10.1. The summed E-state index contributed by atoms with van der Waals surface area (Å²) in [5, 5.41) is 10.6. The zero-order valence-electron chi connectivity index (χ0n) is 16.3. The summed E-state index contributed by atoms with van der Waals surface area (Å²) in [6.45, 7) is 1.90. The first-order chi connectivity index (χ1) is 14.3. The normalized spacial score (nSPS) is 12.5. The van der Waals surface area contributed by atoms with Gasteiger partial charge in [0.1, 0.15) is 0 Å². The van der Waals surface area contributed by atoms with Gasteiger partial charge in [-0.25, -0.2) is 0 Å². The number of nitrogens with zero attached hydrogens (tertiary/aromatic N) is 3. The van der Waals surface area contributed by atoms with Crippen molar-refractivity contribution in [3.05, 3.63) is 77.3 Å². The number of halogens is 3. The largest absolute Gasteiger partial charge is 0.425 e. The van der Waals surface area contributed by atoms with Crippen molar-refractivity contribution in [2.75, 3.05) is 0 Å². The van der Waals surface area contributed by atoms with Crippen LogP contribution in [0.5, 0.6) is 0 Å². The van der Waals surface area contributed by atoms with Gasteiger partial charge in [0.05, 0.1) is 12.0 Å². The van der Waals surface area contributed by atoms with Crippen LogP contribution in [0.1, 0.15) is 41.9 Å². The molecule has 0 saturated carbocycles. The lowest BCUT2D eigenvalue weighted by Crippen LogP contribution is -2.34. The molecule has 1 aromatic carbocycles. The van der Waals surface area contributed by atoms with E-state index in [1.807, 2.05) is 25.1 Å². The SMILES string of the molecule is C[C@H](Cc1ccccn1)NC(=O)CCc1nnc(Cc2cccc(C(F)(F)F)c2)o1. The molecule has 3 aromatic rings. The second-order valence-corrected chi connectivity index (χ2v) is 6.96. The lowest BCUT2D eigenvalue weighted by molar-refractivity contribution is -0.137. The number of aryl methyl sites for hydroxylation is 1. The highest BCUT2D eigenvalue weighted by Gasteiger charge is 2.30. The van der Waals surface area contributed by atoms with Crippen LogP contribution in [-0.2, 0) is 30.2 Å². The number of amides is 1. The number of benzene rings is 1. The molecule has 2 heterocycles. The number of hydrogen-bond acceptors (Lipinski definition) is 5. The van der Waals surface area contributed by atoms with E-state index in [0.717, 1.165) is 17.8 Å². The Morgan fingerprint density at radius 3 is 2.67 bits per heavy atom. The molecular formula is C21H21F3N4O2. The van der Waals surface area contributed by atoms with Gasteiger partial charge in [-0.05, 0) is 30.7 Å². The van der Waals surface area contributed by atoms with E-state index in [1.165, 1.54) is 6.07 Å². The van der Waals surface area contributed by atoms with Gasteiger partial charge >= 0.3 is 6.18 Å². The van der Waals surface area contributed by atoms with E-state index in [4.69, 9.17) is 4.42 Å². The number of carbonyl (C=O) groups excluding carboxylic acids is 1. The third-order valence-electron chi connectivity index (χ3n) is 4.33. The fraction of sp³-hybridized carbons (Fsp3) is 0.333. The molecule has 0 aliphatic rings. The highest BCUT2D eigenvalue weighted by Crippen LogP contribution is 2.29. The number of aromatic nitrogens is 3. The van der Waals surface area contributed by atoms with Crippen molar-refractivity contribution < 1.29 is 22.4 Å². The molecule has 0 aliphatic heterocycles. The molecule has 6 nitrogen and oxygen atoms in total. The molecule has 2 aromatic heterocycles. The van der Waals surface area contributed by atoms with Gasteiger partial charge < -0.3 is 9.73 Å². The minimum Gasteiger partial charge on any atom is -0.425 e. The first-order valence-electron chi connectivity index (χ1n) is 9.46. The summed E-state index contributed by atoms with van der Waals surface area (Å²) in [6.07, 6.45) is -1.58. The molecule has 1 N–H and O–H groups in total. The van der Waals surface area contributed by atoms with Crippen LogP contribution in [0.25, 0.3) is 0 Å². The minimum absolute atomic E-state index is 0.0773. The predicted molar refractivity (Wildman–Crippen MR) is 102 cm³/mol. The van der Waals surface area contributed by atoms with Crippen LogP contribution >= 0.6 is 0 Å². The average Bonchev–Trinajstić information content (AvgIpc) is 3.14. The van der Waals surface area contributed by atoms with E-state index < -0.39 is 11.7 Å². The molecule has 0 saturated heterocycles. The number of hydrogen-bond donors (Lipinski definition) is 1. The standard InChI is InChI=1S/C21H21F3N4O2/c1-14(11-17-7-2-3-10-25-17)26-18(29)8-9-19-27-28-20(30-19)13-15-5-4-6-16(12-15)21(22,23)24/h2-7,10,12,14H,8-9,11,13H2,1H3,(H,26,29)/t14-/m1/s1. The van der Waals surface area contributed by atoms with Crippen LogP contribution < -0.4 is 5.32 Å². The Labute approximate surface area is 171 Å². The van der Waals surface area contributed by atoms with E-state index >= 15 is 0 Å². The Kier molecular flexibility index (Phi) is 6.81. The van der Waals surface area contributed by atoms with Crippen molar-refractivity contribution in [3.8, 4) is 0 Å². The van der Waals surface area contributed by atoms with E-state index in [-0.39, 0.29) is 43.0 Å². The van der Waals surface area contributed by atoms with Crippen molar-refractivity contribution in [1.82, 2.24) is 20.5 Å². The Hall–Kier alpha value is -3.23. The van der Waals surface area contributed by atoms with Crippen molar-refractivity contribution >= 4 is 5.91 Å². The third kappa shape index (κ3) is 6.40. The van der Waals surface area contributed by atoms with Gasteiger partial charge in [-0.15, -0.1) is 10.2 Å². The van der Waals surface area contributed by atoms with E-state index in [0.29, 0.717) is 12.0 Å². The zero-order valence-corrected chi connectivity index (χ0v) is 16.3. The maximum atomic E-state index is 12.8. The molecule has 1 amide bonds. The zero-order chi connectivity index (χ0) is 21.6. The second-order valence-electron chi connectivity index (χ2n) is 6.96. The number of carbonyl (C=O) groups is 1. The summed E-state index contributed by atoms with van der Waals surface area (Å²) in [6, 6.07) is 10.5. The molecular weight excluding hydrogens is 397 g/mol. The summed E-state index contributed by atoms with van der Waals surface area (Å²) < 4.78 is 43.9. The molecule has 30 heavy (non-hydrogen) atoms. The molecule has 0 bridgehead atoms. The Balaban J connectivity index is 1.48. The van der Waals surface area contributed by atoms with Gasteiger partial charge in [-0.2, -0.15) is 13.2 Å². The van der Waals surface area contributed by atoms with Gasteiger partial charge in [0, 0.05) is 37.2 Å². The van der Waals surface area contributed by atoms with Gasteiger partial charge in [-0.3, -0.25) is 9.78 Å². The summed E-state index contributed by atoms with van der Waals surface area (Å²) >= 11 is 0. The molecule has 0 spiro atoms. The third-order valence-corrected chi connectivity index (χ3v) is 4.33. The van der Waals surface area contributed by atoms with Crippen molar-refractivity contribution in [2.45, 2.75) is 44.8 Å². The maximum Gasteiger partial charge on any atom is 0.416 e. The number of alkyl halides is 3. The number of nitrogens with one attached hydrogen (secondary N) is 1. The van der Waals surface area contributed by atoms with Crippen molar-refractivity contribution in [2.24, 2.45) is 0 Å². The topological polar surface area (TPSA) is 80.9 Å². The molecule has 0 fully saturated rings. The second kappa shape index (κ2) is 9.51. The maximum absolute atomic E-state index is 12.8. The summed E-state index contributed by atoms with van der Waals surface area (Å²) in [7, 11) is 0. The fourth-order valence-electron chi connectivity index (χ4n) is 2.94. The fourth-order valence-corrected chi connectivity index (χ4v) is 2.94. The predicted octanol–water partition coefficient (Wildman–Crippen LogP) is 3.75. The molecule has 3 rings (SSSR count). The highest BCUT2D eigenvalue weighted by molar-refractivity contribution is 5.76. The van der Waals surface area contributed by atoms with Crippen LogP contribution in [0.4, 0.5) is 13.2 Å². The van der Waals surface area contributed by atoms with Crippen LogP contribution in [0.15, 0.2) is 53.1 Å². The smallest absolute Gasteiger partial charge is 0.416 e. The van der Waals surface area contributed by atoms with E-state index in [1.54, 1.807) is 12.3 Å². The summed E-state index contributed by atoms with van der Waals surface area (Å²) in [4.78, 5) is 16.3. The first kappa shape index (κ1) is 21.5. The van der Waals surface area contributed by atoms with Crippen molar-refractivity contribution in [3.63, 3.8) is 0 Å². The summed E-state index contributed by atoms with van der Waals surface area (Å²) in [5.41, 5.74) is 0.582. The number of rotatable bonds is 8. The number of pyridine rings is 1. The van der Waals surface area contributed by atoms with Crippen LogP contribution in [-0.4, -0.2) is 27.1 Å². The Morgan fingerprint density at radius 2 is 1.93 bits per heavy atom. The van der Waals surface area contributed by atoms with E-state index in [9.17, 15) is 18.0 Å². The molecule has 0 radical (unpaired) electrons. The average molecular weight is 418 g/mol. The Bertz CT molecular complexity index is 974. The van der Waals surface area contributed by atoms with Gasteiger partial charge in [0.15, 0.2) is 0 Å². The molecule has 1 atom stereocenters. The minimum atomic E-state index is -4.41. The molecule has 158 valence electrons. The van der Waals surface area contributed by atoms with Gasteiger partial charge in [0.2, 0.25) is 17.7 Å². The van der Waals surface area contributed by atoms with Crippen LogP contribution in [0.3, 0.4) is 0 Å². The molecule has 0 unspecified atom stereocenters. The Morgan fingerprint density at radius 1 is 1.13 bits per heavy atom. The quantitative estimate of drug-likeness (QED) is 0.603. The lowest BCUT2D eigenvalue weighted by Gasteiger charge is -2.13. The monoisotopic (exact) mass is 418 g/mol. The summed E-state index contributed by atoms with van der Waals surface area (Å²) in [5.74, 6) is 0.314. The first-order valence-corrected chi connectivity index (χ1v) is 9.46. The molecule has 9 heteroatoms. The van der Waals surface area contributed by atoms with Crippen LogP contribution in [0.2, 0.25) is 0 Å². The van der Waals surface area contributed by atoms with Crippen LogP contribution in [0, 0.1) is 0 Å². The van der Waals surface area contributed by atoms with Crippen molar-refractivity contribution in [1.29, 1.82) is 0 Å².